The van der Waals surface area contributed by atoms with Gasteiger partial charge >= 0.3 is 5.91 Å². The number of thioether (sulfide) groups is 1. The lowest BCUT2D eigenvalue weighted by Gasteiger charge is -2.22. The van der Waals surface area contributed by atoms with Gasteiger partial charge in [-0.05, 0) is 41.5 Å². The van der Waals surface area contributed by atoms with Crippen LogP contribution in [0.4, 0.5) is 5.13 Å². The summed E-state index contributed by atoms with van der Waals surface area (Å²) in [5.41, 5.74) is 2.00. The van der Waals surface area contributed by atoms with E-state index in [2.05, 4.69) is 10.2 Å². The van der Waals surface area contributed by atoms with Crippen molar-refractivity contribution in [3.8, 4) is 5.75 Å². The molecule has 186 valence electrons. The molecule has 0 radical (unpaired) electrons. The molecule has 1 amide bonds. The molecule has 37 heavy (non-hydrogen) atoms. The summed E-state index contributed by atoms with van der Waals surface area (Å²) in [5, 5.41) is 20.6. The van der Waals surface area contributed by atoms with Crippen LogP contribution in [0.15, 0.2) is 88.8 Å². The third-order valence-electron chi connectivity index (χ3n) is 5.83. The molecule has 10 heteroatoms. The average Bonchev–Trinajstić information content (AvgIpc) is 3.50. The quantitative estimate of drug-likeness (QED) is 0.0976. The van der Waals surface area contributed by atoms with Gasteiger partial charge < -0.3 is 9.84 Å². The Morgan fingerprint density at radius 3 is 2.43 bits per heavy atom. The van der Waals surface area contributed by atoms with Crippen LogP contribution in [0.5, 0.6) is 5.75 Å². The van der Waals surface area contributed by atoms with E-state index in [0.717, 1.165) is 5.56 Å². The van der Waals surface area contributed by atoms with Crippen LogP contribution in [0.3, 0.4) is 0 Å². The van der Waals surface area contributed by atoms with E-state index in [-0.39, 0.29) is 16.5 Å². The van der Waals surface area contributed by atoms with Gasteiger partial charge in [0.2, 0.25) is 5.13 Å². The van der Waals surface area contributed by atoms with Crippen molar-refractivity contribution in [2.24, 2.45) is 0 Å². The molecule has 1 fully saturated rings. The number of Topliss-reactive ketones (excluding diaryl/α,β-unsaturated/α-hetero) is 1. The van der Waals surface area contributed by atoms with Crippen molar-refractivity contribution in [1.82, 2.24) is 10.2 Å². The Bertz CT molecular complexity index is 1490. The third-order valence-corrected chi connectivity index (χ3v) is 8.31. The first-order valence-electron chi connectivity index (χ1n) is 11.2. The fraction of sp³-hybridized carbons (Fsp3) is 0.111. The number of ketones is 1. The number of nitrogens with zero attached hydrogens (tertiary/aromatic N) is 3. The summed E-state index contributed by atoms with van der Waals surface area (Å²) in [6.07, 6.45) is 0. The van der Waals surface area contributed by atoms with Crippen LogP contribution in [0.25, 0.3) is 5.76 Å². The van der Waals surface area contributed by atoms with E-state index in [4.69, 9.17) is 16.3 Å². The average molecular weight is 550 g/mol. The lowest BCUT2D eigenvalue weighted by molar-refractivity contribution is -0.132. The number of aliphatic hydroxyl groups excluding tert-OH is 1. The Labute approximate surface area is 226 Å². The van der Waals surface area contributed by atoms with Crippen LogP contribution in [-0.2, 0) is 15.3 Å². The number of aromatic nitrogens is 2. The van der Waals surface area contributed by atoms with E-state index in [0.29, 0.717) is 32.0 Å². The van der Waals surface area contributed by atoms with Crippen LogP contribution in [-0.4, -0.2) is 34.1 Å². The van der Waals surface area contributed by atoms with Crippen LogP contribution in [0.2, 0.25) is 5.02 Å². The smallest absolute Gasteiger partial charge is 0.301 e. The van der Waals surface area contributed by atoms with Crippen molar-refractivity contribution in [3.05, 3.63) is 106 Å². The number of hydrogen-bond donors (Lipinski definition) is 1. The van der Waals surface area contributed by atoms with E-state index >= 15 is 0 Å². The second-order valence-electron chi connectivity index (χ2n) is 8.04. The lowest BCUT2D eigenvalue weighted by atomic mass is 9.95. The van der Waals surface area contributed by atoms with Gasteiger partial charge in [-0.1, -0.05) is 83.2 Å². The minimum atomic E-state index is -0.863. The molecule has 4 aromatic rings. The number of aliphatic hydroxyl groups is 1. The topological polar surface area (TPSA) is 92.6 Å². The van der Waals surface area contributed by atoms with E-state index in [1.54, 1.807) is 43.5 Å². The fourth-order valence-corrected chi connectivity index (χ4v) is 6.15. The predicted molar refractivity (Wildman–Crippen MR) is 145 cm³/mol. The van der Waals surface area contributed by atoms with Gasteiger partial charge in [0, 0.05) is 16.3 Å². The standard InChI is InChI=1S/C27H20ClN3O4S2/c1-35-19-13-11-17(12-14-19)23(32)21-22(16-7-3-2-4-8-16)31(25(34)24(21)33)26-29-30-27(37-26)36-15-18-9-5-6-10-20(18)28/h2-14,22,32H,15H2,1H3/b23-21-. The number of anilines is 1. The van der Waals surface area contributed by atoms with Crippen molar-refractivity contribution in [3.63, 3.8) is 0 Å². The van der Waals surface area contributed by atoms with Gasteiger partial charge in [-0.15, -0.1) is 10.2 Å². The molecule has 7 nitrogen and oxygen atoms in total. The summed E-state index contributed by atoms with van der Waals surface area (Å²) in [7, 11) is 1.54. The molecule has 1 aliphatic rings. The molecule has 1 atom stereocenters. The zero-order valence-corrected chi connectivity index (χ0v) is 21.9. The van der Waals surface area contributed by atoms with Crippen molar-refractivity contribution in [2.75, 3.05) is 12.0 Å². The highest BCUT2D eigenvalue weighted by Gasteiger charge is 2.48. The Morgan fingerprint density at radius 1 is 1.03 bits per heavy atom. The zero-order valence-electron chi connectivity index (χ0n) is 19.5. The first kappa shape index (κ1) is 25.0. The summed E-state index contributed by atoms with van der Waals surface area (Å²) in [5.74, 6) is -0.653. The predicted octanol–water partition coefficient (Wildman–Crippen LogP) is 6.12. The molecule has 0 saturated carbocycles. The monoisotopic (exact) mass is 549 g/mol. The number of ether oxygens (including phenoxy) is 1. The molecular formula is C27H20ClN3O4S2. The van der Waals surface area contributed by atoms with Gasteiger partial charge in [0.1, 0.15) is 11.5 Å². The van der Waals surface area contributed by atoms with E-state index in [1.807, 2.05) is 42.5 Å². The van der Waals surface area contributed by atoms with Crippen LogP contribution >= 0.6 is 34.7 Å². The van der Waals surface area contributed by atoms with Crippen molar-refractivity contribution in [1.29, 1.82) is 0 Å². The number of carbonyl (C=O) groups excluding carboxylic acids is 2. The van der Waals surface area contributed by atoms with Crippen molar-refractivity contribution in [2.45, 2.75) is 16.1 Å². The largest absolute Gasteiger partial charge is 0.507 e. The van der Waals surface area contributed by atoms with E-state index in [9.17, 15) is 14.7 Å². The summed E-state index contributed by atoms with van der Waals surface area (Å²) in [6, 6.07) is 22.4. The number of benzene rings is 3. The van der Waals surface area contributed by atoms with Gasteiger partial charge in [0.15, 0.2) is 4.34 Å². The molecule has 0 aliphatic carbocycles. The van der Waals surface area contributed by atoms with Crippen LogP contribution in [0.1, 0.15) is 22.7 Å². The van der Waals surface area contributed by atoms with Crippen molar-refractivity contribution >= 4 is 57.3 Å². The zero-order chi connectivity index (χ0) is 25.9. The van der Waals surface area contributed by atoms with Gasteiger partial charge in [0.05, 0.1) is 18.7 Å². The molecule has 1 aliphatic heterocycles. The first-order valence-corrected chi connectivity index (χ1v) is 13.4. The highest BCUT2D eigenvalue weighted by atomic mass is 35.5. The highest BCUT2D eigenvalue weighted by molar-refractivity contribution is 8.00. The molecule has 0 spiro atoms. The maximum Gasteiger partial charge on any atom is 0.301 e. The number of carbonyl (C=O) groups is 2. The minimum Gasteiger partial charge on any atom is -0.507 e. The maximum atomic E-state index is 13.3. The van der Waals surface area contributed by atoms with Crippen LogP contribution in [0, 0.1) is 0 Å². The molecule has 1 unspecified atom stereocenters. The second-order valence-corrected chi connectivity index (χ2v) is 10.6. The van der Waals surface area contributed by atoms with E-state index < -0.39 is 17.7 Å². The summed E-state index contributed by atoms with van der Waals surface area (Å²) >= 11 is 8.90. The first-order chi connectivity index (χ1) is 18.0. The van der Waals surface area contributed by atoms with Gasteiger partial charge in [-0.25, -0.2) is 0 Å². The summed E-state index contributed by atoms with van der Waals surface area (Å²) < 4.78 is 5.81. The lowest BCUT2D eigenvalue weighted by Crippen LogP contribution is -2.29. The van der Waals surface area contributed by atoms with Gasteiger partial charge in [-0.2, -0.15) is 0 Å². The number of rotatable bonds is 7. The second kappa shape index (κ2) is 10.8. The molecule has 0 bridgehead atoms. The van der Waals surface area contributed by atoms with Crippen LogP contribution < -0.4 is 9.64 Å². The molecular weight excluding hydrogens is 530 g/mol. The molecule has 1 N–H and O–H groups in total. The van der Waals surface area contributed by atoms with Crippen molar-refractivity contribution < 1.29 is 19.4 Å². The Hall–Kier alpha value is -3.66. The number of halogens is 1. The molecule has 5 rings (SSSR count). The fourth-order valence-electron chi connectivity index (χ4n) is 4.00. The number of amides is 1. The maximum absolute atomic E-state index is 13.3. The Balaban J connectivity index is 1.52. The minimum absolute atomic E-state index is 0.0122. The summed E-state index contributed by atoms with van der Waals surface area (Å²) in [6.45, 7) is 0. The number of methoxy groups -OCH3 is 1. The molecule has 1 saturated heterocycles. The molecule has 2 heterocycles. The van der Waals surface area contributed by atoms with Gasteiger partial charge in [0.25, 0.3) is 5.78 Å². The van der Waals surface area contributed by atoms with E-state index in [1.165, 1.54) is 28.0 Å². The highest BCUT2D eigenvalue weighted by Crippen LogP contribution is 2.44. The summed E-state index contributed by atoms with van der Waals surface area (Å²) in [4.78, 5) is 27.9. The van der Waals surface area contributed by atoms with Gasteiger partial charge in [-0.3, -0.25) is 14.5 Å². The normalized spacial score (nSPS) is 16.8. The third kappa shape index (κ3) is 4.98. The molecule has 1 aromatic heterocycles. The SMILES string of the molecule is COc1ccc(/C(O)=C2/C(=O)C(=O)N(c3nnc(SCc4ccccc4Cl)s3)C2c2ccccc2)cc1. The Morgan fingerprint density at radius 2 is 1.73 bits per heavy atom. The Kier molecular flexibility index (Phi) is 7.27. The molecule has 3 aromatic carbocycles. The number of hydrogen-bond acceptors (Lipinski definition) is 8.